The molecule has 13 heteroatoms. The average Bonchev–Trinajstić information content (AvgIpc) is 3.18. The highest BCUT2D eigenvalue weighted by Crippen LogP contribution is 2.42. The van der Waals surface area contributed by atoms with Gasteiger partial charge in [-0.25, -0.2) is 4.79 Å². The monoisotopic (exact) mass is 591 g/mol. The third kappa shape index (κ3) is 6.77. The van der Waals surface area contributed by atoms with Crippen molar-refractivity contribution in [1.29, 1.82) is 0 Å². The molecule has 0 spiro atoms. The normalized spacial score (nSPS) is 19.6. The summed E-state index contributed by atoms with van der Waals surface area (Å²) in [4.78, 5) is 21.6. The number of halogens is 7. The van der Waals surface area contributed by atoms with E-state index in [0.29, 0.717) is 41.2 Å². The highest BCUT2D eigenvalue weighted by Gasteiger charge is 2.38. The Morgan fingerprint density at radius 2 is 1.77 bits per heavy atom. The molecule has 0 aromatic heterocycles. The molecular weight excluding hydrogens is 564 g/mol. The van der Waals surface area contributed by atoms with Gasteiger partial charge in [-0.3, -0.25) is 4.90 Å². The molecule has 0 bridgehead atoms. The van der Waals surface area contributed by atoms with Crippen LogP contribution < -0.4 is 10.4 Å². The van der Waals surface area contributed by atoms with E-state index in [1.54, 1.807) is 49.9 Å². The molecule has 6 nitrogen and oxygen atoms in total. The van der Waals surface area contributed by atoms with Gasteiger partial charge in [0, 0.05) is 18.1 Å². The van der Waals surface area contributed by atoms with Crippen LogP contribution >= 0.6 is 11.6 Å². The van der Waals surface area contributed by atoms with Gasteiger partial charge < -0.3 is 14.5 Å². The van der Waals surface area contributed by atoms with Gasteiger partial charge in [-0.2, -0.15) is 26.3 Å². The van der Waals surface area contributed by atoms with Crippen LogP contribution in [0.5, 0.6) is 0 Å². The summed E-state index contributed by atoms with van der Waals surface area (Å²) >= 11 is 6.28. The van der Waals surface area contributed by atoms with Gasteiger partial charge in [0.1, 0.15) is 0 Å². The summed E-state index contributed by atoms with van der Waals surface area (Å²) in [6, 6.07) is 5.55. The summed E-state index contributed by atoms with van der Waals surface area (Å²) in [6.45, 7) is 5.13. The smallest absolute Gasteiger partial charge is 0.416 e. The van der Waals surface area contributed by atoms with Gasteiger partial charge >= 0.3 is 18.4 Å². The van der Waals surface area contributed by atoms with Crippen molar-refractivity contribution < 1.29 is 40.7 Å². The summed E-state index contributed by atoms with van der Waals surface area (Å²) in [7, 11) is 0. The lowest BCUT2D eigenvalue weighted by Crippen LogP contribution is -2.34. The topological polar surface area (TPSA) is 54.0 Å². The molecule has 2 atom stereocenters. The first kappa shape index (κ1) is 29.9. The van der Waals surface area contributed by atoms with E-state index in [-0.39, 0.29) is 42.7 Å². The molecule has 0 saturated carbocycles. The zero-order chi connectivity index (χ0) is 29.4. The second-order valence-corrected chi connectivity index (χ2v) is 10.4. The maximum atomic E-state index is 13.6. The maximum absolute atomic E-state index is 13.6. The highest BCUT2D eigenvalue weighted by molar-refractivity contribution is 6.31. The third-order valence-electron chi connectivity index (χ3n) is 6.46. The standard InChI is InChI=1S/C27H28ClF6N3O3/c1-15(2)39-25(38)36-8-4-5-22(21-7-6-20(28)13-23(21)36)37(24-9-16(3)35-40-24)14-17-10-18(26(29,30)31)12-19(11-17)27(32,33)34/h6-7,9-13,15-16,22,35H,4-5,8,14H2,1-3H3. The molecule has 2 aliphatic rings. The molecule has 2 aliphatic heterocycles. The van der Waals surface area contributed by atoms with E-state index in [2.05, 4.69) is 5.48 Å². The first-order chi connectivity index (χ1) is 18.6. The Kier molecular flexibility index (Phi) is 8.51. The predicted octanol–water partition coefficient (Wildman–Crippen LogP) is 7.83. The largest absolute Gasteiger partial charge is 0.446 e. The van der Waals surface area contributed by atoms with Crippen molar-refractivity contribution in [2.24, 2.45) is 0 Å². The van der Waals surface area contributed by atoms with E-state index in [1.807, 2.05) is 0 Å². The summed E-state index contributed by atoms with van der Waals surface area (Å²) in [5.41, 5.74) is 0.761. The second kappa shape index (κ2) is 11.4. The Hall–Kier alpha value is -3.12. The third-order valence-corrected chi connectivity index (χ3v) is 6.70. The Labute approximate surface area is 232 Å². The Balaban J connectivity index is 1.82. The quantitative estimate of drug-likeness (QED) is 0.359. The lowest BCUT2D eigenvalue weighted by atomic mass is 9.98. The van der Waals surface area contributed by atoms with Crippen LogP contribution in [-0.4, -0.2) is 29.7 Å². The second-order valence-electron chi connectivity index (χ2n) is 10.0. The average molecular weight is 592 g/mol. The zero-order valence-corrected chi connectivity index (χ0v) is 22.6. The zero-order valence-electron chi connectivity index (χ0n) is 21.9. The Bertz CT molecular complexity index is 1250. The maximum Gasteiger partial charge on any atom is 0.416 e. The molecule has 0 saturated heterocycles. The molecule has 0 fully saturated rings. The number of fused-ring (bicyclic) bond motifs is 1. The van der Waals surface area contributed by atoms with Crippen molar-refractivity contribution in [3.05, 3.63) is 75.6 Å². The summed E-state index contributed by atoms with van der Waals surface area (Å²) < 4.78 is 86.9. The van der Waals surface area contributed by atoms with Crippen LogP contribution in [0.1, 0.15) is 61.9 Å². The summed E-state index contributed by atoms with van der Waals surface area (Å²) in [6.07, 6.45) is -8.41. The van der Waals surface area contributed by atoms with Gasteiger partial charge in [-0.1, -0.05) is 17.7 Å². The van der Waals surface area contributed by atoms with Crippen molar-refractivity contribution in [2.75, 3.05) is 11.4 Å². The number of amides is 1. The van der Waals surface area contributed by atoms with Gasteiger partial charge in [-0.15, -0.1) is 5.48 Å². The molecule has 1 amide bonds. The van der Waals surface area contributed by atoms with E-state index >= 15 is 0 Å². The van der Waals surface area contributed by atoms with E-state index in [1.165, 1.54) is 4.90 Å². The van der Waals surface area contributed by atoms with Gasteiger partial charge in [0.15, 0.2) is 0 Å². The molecular formula is C27H28ClF6N3O3. The minimum absolute atomic E-state index is 0.101. The number of nitrogens with one attached hydrogen (secondary N) is 1. The molecule has 4 rings (SSSR count). The molecule has 218 valence electrons. The number of hydrogen-bond donors (Lipinski definition) is 1. The van der Waals surface area contributed by atoms with Crippen LogP contribution in [0, 0.1) is 0 Å². The molecule has 0 radical (unpaired) electrons. The molecule has 2 unspecified atom stereocenters. The van der Waals surface area contributed by atoms with Crippen molar-refractivity contribution in [3.8, 4) is 0 Å². The molecule has 2 heterocycles. The van der Waals surface area contributed by atoms with Gasteiger partial charge in [-0.05, 0) is 81.1 Å². The van der Waals surface area contributed by atoms with E-state index in [9.17, 15) is 31.1 Å². The van der Waals surface area contributed by atoms with E-state index < -0.39 is 35.6 Å². The Morgan fingerprint density at radius 3 is 2.33 bits per heavy atom. The molecule has 40 heavy (non-hydrogen) atoms. The molecule has 2 aromatic rings. The van der Waals surface area contributed by atoms with E-state index in [0.717, 1.165) is 0 Å². The van der Waals surface area contributed by atoms with Gasteiger partial charge in [0.2, 0.25) is 5.88 Å². The highest BCUT2D eigenvalue weighted by atomic mass is 35.5. The Morgan fingerprint density at radius 1 is 1.12 bits per heavy atom. The van der Waals surface area contributed by atoms with E-state index in [4.69, 9.17) is 21.2 Å². The number of anilines is 1. The molecule has 1 N–H and O–H groups in total. The van der Waals surface area contributed by atoms with Gasteiger partial charge in [0.05, 0.1) is 35.0 Å². The van der Waals surface area contributed by atoms with Gasteiger partial charge in [0.25, 0.3) is 0 Å². The number of alkyl halides is 6. The number of hydrogen-bond acceptors (Lipinski definition) is 5. The van der Waals surface area contributed by atoms with Crippen LogP contribution in [0.4, 0.5) is 36.8 Å². The van der Waals surface area contributed by atoms with Crippen molar-refractivity contribution in [3.63, 3.8) is 0 Å². The first-order valence-electron chi connectivity index (χ1n) is 12.6. The minimum Gasteiger partial charge on any atom is -0.446 e. The number of nitrogens with zero attached hydrogens (tertiary/aromatic N) is 2. The summed E-state index contributed by atoms with van der Waals surface area (Å²) in [5, 5.41) is 0.340. The number of rotatable bonds is 5. The van der Waals surface area contributed by atoms with Crippen molar-refractivity contribution in [1.82, 2.24) is 10.4 Å². The predicted molar refractivity (Wildman–Crippen MR) is 136 cm³/mol. The van der Waals surface area contributed by atoms with Crippen LogP contribution in [0.3, 0.4) is 0 Å². The van der Waals surface area contributed by atoms with Crippen LogP contribution in [0.2, 0.25) is 5.02 Å². The fraction of sp³-hybridized carbons (Fsp3) is 0.444. The van der Waals surface area contributed by atoms with Crippen LogP contribution in [0.25, 0.3) is 0 Å². The molecule has 2 aromatic carbocycles. The fourth-order valence-electron chi connectivity index (χ4n) is 4.77. The van der Waals surface area contributed by atoms with Crippen LogP contribution in [0.15, 0.2) is 48.4 Å². The summed E-state index contributed by atoms with van der Waals surface area (Å²) in [5.74, 6) is 0.238. The first-order valence-corrected chi connectivity index (χ1v) is 13.0. The SMILES string of the molecule is CC1C=C(N(Cc2cc(C(F)(F)F)cc(C(F)(F)F)c2)C2CCCN(C(=O)OC(C)C)c3cc(Cl)ccc32)ON1. The lowest BCUT2D eigenvalue weighted by molar-refractivity contribution is -0.143. The lowest BCUT2D eigenvalue weighted by Gasteiger charge is -2.34. The van der Waals surface area contributed by atoms with Crippen molar-refractivity contribution in [2.45, 2.75) is 70.7 Å². The number of carbonyl (C=O) groups excluding carboxylic acids is 1. The van der Waals surface area contributed by atoms with Crippen LogP contribution in [-0.2, 0) is 28.5 Å². The number of carbonyl (C=O) groups is 1. The number of benzene rings is 2. The number of hydroxylamine groups is 1. The molecule has 0 aliphatic carbocycles. The fourth-order valence-corrected chi connectivity index (χ4v) is 4.93. The minimum atomic E-state index is -4.98. The number of ether oxygens (including phenoxy) is 1. The van der Waals surface area contributed by atoms with Crippen molar-refractivity contribution >= 4 is 23.4 Å².